The monoisotopic (exact) mass is 145 g/mol. The molecule has 0 aliphatic carbocycles. The Labute approximate surface area is 59.6 Å². The number of hydrogen-bond donors (Lipinski definition) is 0. The van der Waals surface area contributed by atoms with E-state index in [2.05, 4.69) is 12.1 Å². The molecule has 52 valence electrons. The fourth-order valence-electron chi connectivity index (χ4n) is 0.709. The molecule has 0 saturated carbocycles. The highest BCUT2D eigenvalue weighted by Gasteiger charge is 2.13. The predicted octanol–water partition coefficient (Wildman–Crippen LogP) is 1.86. The van der Waals surface area contributed by atoms with E-state index in [1.807, 2.05) is 18.7 Å². The zero-order valence-electron chi connectivity index (χ0n) is 5.76. The van der Waals surface area contributed by atoms with Gasteiger partial charge in [0.05, 0.1) is 0 Å². The van der Waals surface area contributed by atoms with E-state index in [-0.39, 0.29) is 0 Å². The van der Waals surface area contributed by atoms with E-state index in [4.69, 9.17) is 4.84 Å². The Balaban J connectivity index is 2.39. The first-order valence-electron chi connectivity index (χ1n) is 3.16. The van der Waals surface area contributed by atoms with Crippen LogP contribution in [0, 0.1) is 0 Å². The van der Waals surface area contributed by atoms with Gasteiger partial charge in [-0.2, -0.15) is 0 Å². The summed E-state index contributed by atoms with van der Waals surface area (Å²) in [4.78, 5) is 4.95. The lowest BCUT2D eigenvalue weighted by molar-refractivity contribution is 0.142. The molecule has 0 radical (unpaired) electrons. The van der Waals surface area contributed by atoms with Gasteiger partial charge in [0.2, 0.25) is 0 Å². The van der Waals surface area contributed by atoms with Crippen LogP contribution < -0.4 is 0 Å². The van der Waals surface area contributed by atoms with Crippen molar-refractivity contribution in [2.24, 2.45) is 5.16 Å². The SMILES string of the molecule is CCC1CON=C(C)S1. The number of thioether (sulfide) groups is 1. The molecule has 0 aromatic rings. The third-order valence-electron chi connectivity index (χ3n) is 1.25. The molecule has 0 spiro atoms. The second-order valence-electron chi connectivity index (χ2n) is 2.05. The number of nitrogens with zero attached hydrogens (tertiary/aromatic N) is 1. The third-order valence-corrected chi connectivity index (χ3v) is 2.46. The van der Waals surface area contributed by atoms with Crippen molar-refractivity contribution >= 4 is 16.8 Å². The standard InChI is InChI=1S/C6H11NOS/c1-3-6-4-8-7-5(2)9-6/h6H,3-4H2,1-2H3. The van der Waals surface area contributed by atoms with Crippen molar-refractivity contribution in [3.05, 3.63) is 0 Å². The van der Waals surface area contributed by atoms with Gasteiger partial charge in [-0.25, -0.2) is 0 Å². The van der Waals surface area contributed by atoms with Crippen LogP contribution in [0.2, 0.25) is 0 Å². The Morgan fingerprint density at radius 3 is 3.11 bits per heavy atom. The van der Waals surface area contributed by atoms with Crippen LogP contribution in [0.4, 0.5) is 0 Å². The van der Waals surface area contributed by atoms with Crippen LogP contribution >= 0.6 is 11.8 Å². The molecule has 1 atom stereocenters. The highest BCUT2D eigenvalue weighted by atomic mass is 32.2. The summed E-state index contributed by atoms with van der Waals surface area (Å²) in [5.74, 6) is 0. The van der Waals surface area contributed by atoms with E-state index in [0.717, 1.165) is 18.1 Å². The van der Waals surface area contributed by atoms with Gasteiger partial charge in [0.25, 0.3) is 0 Å². The Morgan fingerprint density at radius 1 is 1.89 bits per heavy atom. The lowest BCUT2D eigenvalue weighted by Crippen LogP contribution is -2.15. The van der Waals surface area contributed by atoms with Crippen LogP contribution in [0.15, 0.2) is 5.16 Å². The van der Waals surface area contributed by atoms with Crippen LogP contribution in [0.25, 0.3) is 0 Å². The first-order chi connectivity index (χ1) is 4.33. The molecule has 0 N–H and O–H groups in total. The van der Waals surface area contributed by atoms with Crippen molar-refractivity contribution in [1.82, 2.24) is 0 Å². The van der Waals surface area contributed by atoms with Gasteiger partial charge in [-0.15, -0.1) is 11.8 Å². The minimum Gasteiger partial charge on any atom is -0.394 e. The van der Waals surface area contributed by atoms with Gasteiger partial charge in [0.1, 0.15) is 11.7 Å². The Kier molecular flexibility index (Phi) is 2.39. The summed E-state index contributed by atoms with van der Waals surface area (Å²) in [6.45, 7) is 4.92. The Hall–Kier alpha value is -0.180. The normalized spacial score (nSPS) is 26.9. The first-order valence-corrected chi connectivity index (χ1v) is 4.04. The summed E-state index contributed by atoms with van der Waals surface area (Å²) >= 11 is 1.81. The van der Waals surface area contributed by atoms with Crippen molar-refractivity contribution in [1.29, 1.82) is 0 Å². The van der Waals surface area contributed by atoms with Crippen LogP contribution in [-0.2, 0) is 4.84 Å². The second-order valence-corrected chi connectivity index (χ2v) is 3.55. The zero-order valence-corrected chi connectivity index (χ0v) is 6.57. The molecule has 0 bridgehead atoms. The molecule has 1 unspecified atom stereocenters. The maximum atomic E-state index is 4.95. The molecule has 1 heterocycles. The van der Waals surface area contributed by atoms with Gasteiger partial charge >= 0.3 is 0 Å². The van der Waals surface area contributed by atoms with Crippen molar-refractivity contribution in [2.75, 3.05) is 6.61 Å². The van der Waals surface area contributed by atoms with Crippen molar-refractivity contribution in [2.45, 2.75) is 25.5 Å². The molecule has 1 rings (SSSR count). The topological polar surface area (TPSA) is 21.6 Å². The fraction of sp³-hybridized carbons (Fsp3) is 0.833. The summed E-state index contributed by atoms with van der Waals surface area (Å²) in [6, 6.07) is 0. The van der Waals surface area contributed by atoms with Gasteiger partial charge in [-0.3, -0.25) is 0 Å². The molecule has 0 amide bonds. The molecule has 2 nitrogen and oxygen atoms in total. The molecule has 0 aromatic heterocycles. The van der Waals surface area contributed by atoms with Crippen molar-refractivity contribution in [3.8, 4) is 0 Å². The average molecular weight is 145 g/mol. The highest BCUT2D eigenvalue weighted by molar-refractivity contribution is 8.14. The summed E-state index contributed by atoms with van der Waals surface area (Å²) in [5.41, 5.74) is 0. The van der Waals surface area contributed by atoms with E-state index in [1.54, 1.807) is 0 Å². The van der Waals surface area contributed by atoms with Crippen molar-refractivity contribution in [3.63, 3.8) is 0 Å². The zero-order chi connectivity index (χ0) is 6.69. The van der Waals surface area contributed by atoms with Crippen molar-refractivity contribution < 1.29 is 4.84 Å². The largest absolute Gasteiger partial charge is 0.394 e. The quantitative estimate of drug-likeness (QED) is 0.561. The molecule has 0 aromatic carbocycles. The second kappa shape index (κ2) is 3.11. The minimum absolute atomic E-state index is 0.627. The summed E-state index contributed by atoms with van der Waals surface area (Å²) in [6.07, 6.45) is 1.16. The molecule has 1 aliphatic heterocycles. The van der Waals surface area contributed by atoms with Gasteiger partial charge in [0, 0.05) is 5.25 Å². The Bertz CT molecular complexity index is 124. The van der Waals surface area contributed by atoms with Crippen LogP contribution in [-0.4, -0.2) is 16.9 Å². The number of hydrogen-bond acceptors (Lipinski definition) is 3. The maximum absolute atomic E-state index is 4.95. The van der Waals surface area contributed by atoms with Gasteiger partial charge in [-0.1, -0.05) is 12.1 Å². The lowest BCUT2D eigenvalue weighted by Gasteiger charge is -2.16. The molecular weight excluding hydrogens is 134 g/mol. The van der Waals surface area contributed by atoms with E-state index in [0.29, 0.717) is 5.25 Å². The summed E-state index contributed by atoms with van der Waals surface area (Å²) < 4.78 is 0. The minimum atomic E-state index is 0.627. The summed E-state index contributed by atoms with van der Waals surface area (Å²) in [5, 5.41) is 5.48. The molecule has 3 heteroatoms. The molecule has 0 fully saturated rings. The molecule has 1 aliphatic rings. The van der Waals surface area contributed by atoms with E-state index in [9.17, 15) is 0 Å². The summed E-state index contributed by atoms with van der Waals surface area (Å²) in [7, 11) is 0. The van der Waals surface area contributed by atoms with E-state index < -0.39 is 0 Å². The first kappa shape index (κ1) is 6.93. The highest BCUT2D eigenvalue weighted by Crippen LogP contribution is 2.20. The lowest BCUT2D eigenvalue weighted by atomic mass is 10.3. The average Bonchev–Trinajstić information content (AvgIpc) is 1.88. The van der Waals surface area contributed by atoms with Gasteiger partial charge < -0.3 is 4.84 Å². The number of rotatable bonds is 1. The third kappa shape index (κ3) is 1.90. The molecular formula is C6H11NOS. The molecule has 9 heavy (non-hydrogen) atoms. The predicted molar refractivity (Wildman–Crippen MR) is 40.7 cm³/mol. The van der Waals surface area contributed by atoms with Gasteiger partial charge in [-0.05, 0) is 13.3 Å². The van der Waals surface area contributed by atoms with Crippen LogP contribution in [0.3, 0.4) is 0 Å². The fourth-order valence-corrected chi connectivity index (χ4v) is 1.58. The smallest absolute Gasteiger partial charge is 0.129 e. The Morgan fingerprint density at radius 2 is 2.67 bits per heavy atom. The van der Waals surface area contributed by atoms with Crippen LogP contribution in [0.5, 0.6) is 0 Å². The maximum Gasteiger partial charge on any atom is 0.129 e. The number of oxime groups is 1. The van der Waals surface area contributed by atoms with Gasteiger partial charge in [0.15, 0.2) is 0 Å². The molecule has 0 saturated heterocycles. The van der Waals surface area contributed by atoms with Crippen LogP contribution in [0.1, 0.15) is 20.3 Å². The van der Waals surface area contributed by atoms with E-state index in [1.165, 1.54) is 0 Å². The van der Waals surface area contributed by atoms with E-state index >= 15 is 0 Å².